The van der Waals surface area contributed by atoms with E-state index in [0.717, 1.165) is 55.9 Å². The molecule has 0 saturated carbocycles. The number of aromatic nitrogens is 1. The molecular formula is C32H47N5O3. The van der Waals surface area contributed by atoms with Gasteiger partial charge >= 0.3 is 0 Å². The molecule has 1 heterocycles. The van der Waals surface area contributed by atoms with E-state index in [2.05, 4.69) is 37.9 Å². The fraction of sp³-hybridized carbons (Fsp3) is 0.594. The maximum Gasteiger partial charge on any atom is 0.281 e. The lowest BCUT2D eigenvalue weighted by molar-refractivity contribution is 0.0685. The van der Waals surface area contributed by atoms with Crippen molar-refractivity contribution in [1.82, 2.24) is 9.47 Å². The molecule has 40 heavy (non-hydrogen) atoms. The van der Waals surface area contributed by atoms with E-state index >= 15 is 0 Å². The molecule has 0 saturated heterocycles. The summed E-state index contributed by atoms with van der Waals surface area (Å²) in [6.45, 7) is 13.6. The van der Waals surface area contributed by atoms with Crippen molar-refractivity contribution >= 4 is 17.3 Å². The van der Waals surface area contributed by atoms with Gasteiger partial charge in [-0.2, -0.15) is 5.26 Å². The molecule has 0 aliphatic heterocycles. The number of pyridine rings is 1. The van der Waals surface area contributed by atoms with Crippen LogP contribution in [0.4, 0.5) is 11.4 Å². The van der Waals surface area contributed by atoms with E-state index in [9.17, 15) is 20.0 Å². The second-order valence-corrected chi connectivity index (χ2v) is 10.6. The molecule has 2 atom stereocenters. The highest BCUT2D eigenvalue weighted by Crippen LogP contribution is 2.29. The van der Waals surface area contributed by atoms with Crippen molar-refractivity contribution in [2.45, 2.75) is 99.5 Å². The topological polar surface area (TPSA) is 111 Å². The Labute approximate surface area is 239 Å². The van der Waals surface area contributed by atoms with Gasteiger partial charge in [-0.1, -0.05) is 78.4 Å². The van der Waals surface area contributed by atoms with Gasteiger partial charge in [-0.05, 0) is 50.7 Å². The summed E-state index contributed by atoms with van der Waals surface area (Å²) in [7, 11) is 0. The van der Waals surface area contributed by atoms with Gasteiger partial charge in [0.15, 0.2) is 5.69 Å². The second kappa shape index (κ2) is 16.6. The van der Waals surface area contributed by atoms with Gasteiger partial charge in [0.25, 0.3) is 11.5 Å². The molecule has 2 aromatic rings. The maximum atomic E-state index is 14.1. The summed E-state index contributed by atoms with van der Waals surface area (Å²) in [6, 6.07) is 9.04. The minimum atomic E-state index is -0.533. The van der Waals surface area contributed by atoms with Crippen LogP contribution in [-0.2, 0) is 6.54 Å². The van der Waals surface area contributed by atoms with Crippen molar-refractivity contribution in [1.29, 1.82) is 5.26 Å². The van der Waals surface area contributed by atoms with E-state index in [1.807, 2.05) is 17.0 Å². The van der Waals surface area contributed by atoms with Crippen LogP contribution in [0.3, 0.4) is 0 Å². The third-order valence-corrected chi connectivity index (χ3v) is 7.81. The number of carbonyl (C=O) groups is 1. The summed E-state index contributed by atoms with van der Waals surface area (Å²) in [5, 5.41) is 28.5. The highest BCUT2D eigenvalue weighted by Gasteiger charge is 2.25. The predicted octanol–water partition coefficient (Wildman–Crippen LogP) is 8.04. The van der Waals surface area contributed by atoms with Crippen LogP contribution in [0, 0.1) is 30.1 Å². The van der Waals surface area contributed by atoms with Gasteiger partial charge in [-0.25, -0.2) is 0 Å². The van der Waals surface area contributed by atoms with Gasteiger partial charge in [-0.15, -0.1) is 10.2 Å². The molecule has 0 aliphatic carbocycles. The molecule has 2 unspecified atom stereocenters. The number of hydrogen-bond donors (Lipinski definition) is 1. The summed E-state index contributed by atoms with van der Waals surface area (Å²) >= 11 is 0. The van der Waals surface area contributed by atoms with Crippen LogP contribution < -0.4 is 5.56 Å². The van der Waals surface area contributed by atoms with Crippen LogP contribution in [0.5, 0.6) is 5.88 Å². The number of hydrogen-bond acceptors (Lipinski definition) is 6. The number of aromatic hydroxyl groups is 1. The molecule has 1 N–H and O–H groups in total. The van der Waals surface area contributed by atoms with Crippen molar-refractivity contribution in [3.8, 4) is 11.9 Å². The van der Waals surface area contributed by atoms with E-state index in [1.54, 1.807) is 32.0 Å². The molecule has 218 valence electrons. The maximum absolute atomic E-state index is 14.1. The first kappa shape index (κ1) is 32.7. The first-order chi connectivity index (χ1) is 19.3. The van der Waals surface area contributed by atoms with E-state index in [0.29, 0.717) is 36.2 Å². The van der Waals surface area contributed by atoms with E-state index < -0.39 is 5.56 Å². The largest absolute Gasteiger partial charge is 0.493 e. The number of rotatable bonds is 16. The molecule has 0 aliphatic rings. The number of nitrogens with zero attached hydrogens (tertiary/aromatic N) is 5. The minimum absolute atomic E-state index is 0.0127. The number of carbonyl (C=O) groups excluding carboxylic acids is 1. The molecule has 8 nitrogen and oxygen atoms in total. The van der Waals surface area contributed by atoms with Crippen LogP contribution in [0.25, 0.3) is 0 Å². The Bertz CT molecular complexity index is 1230. The number of nitriles is 1. The molecule has 1 aromatic heterocycles. The van der Waals surface area contributed by atoms with Crippen molar-refractivity contribution in [3.63, 3.8) is 0 Å². The highest BCUT2D eigenvalue weighted by molar-refractivity contribution is 5.99. The Kier molecular flexibility index (Phi) is 13.6. The second-order valence-electron chi connectivity index (χ2n) is 10.6. The monoisotopic (exact) mass is 549 g/mol. The zero-order valence-corrected chi connectivity index (χ0v) is 25.2. The molecule has 0 radical (unpaired) electrons. The van der Waals surface area contributed by atoms with Crippen LogP contribution in [0.2, 0.25) is 0 Å². The van der Waals surface area contributed by atoms with Crippen LogP contribution in [0.15, 0.2) is 39.3 Å². The van der Waals surface area contributed by atoms with Crippen molar-refractivity contribution < 1.29 is 9.90 Å². The number of unbranched alkanes of at least 4 members (excludes halogenated alkanes) is 2. The zero-order valence-electron chi connectivity index (χ0n) is 25.2. The number of amides is 1. The SMILES string of the molecule is CCCCC(CC)CN(CC(CC)CCCC)C(=O)c1ccccc1N=Nc1c(C)c(C#N)c(O)n(CC)c1=O. The Balaban J connectivity index is 2.52. The van der Waals surface area contributed by atoms with Crippen LogP contribution >= 0.6 is 0 Å². The molecule has 0 fully saturated rings. The minimum Gasteiger partial charge on any atom is -0.493 e. The fourth-order valence-electron chi connectivity index (χ4n) is 5.06. The third-order valence-electron chi connectivity index (χ3n) is 7.81. The molecule has 1 aromatic carbocycles. The number of benzene rings is 1. The lowest BCUT2D eigenvalue weighted by Gasteiger charge is -2.31. The average molecular weight is 550 g/mol. The first-order valence-electron chi connectivity index (χ1n) is 14.9. The van der Waals surface area contributed by atoms with Crippen molar-refractivity contribution in [3.05, 3.63) is 51.3 Å². The van der Waals surface area contributed by atoms with Gasteiger partial charge in [0.05, 0.1) is 11.3 Å². The summed E-state index contributed by atoms with van der Waals surface area (Å²) in [5.41, 5.74) is 0.498. The lowest BCUT2D eigenvalue weighted by atomic mass is 9.95. The molecule has 2 rings (SSSR count). The third kappa shape index (κ3) is 8.27. The molecule has 0 spiro atoms. The molecule has 8 heteroatoms. The van der Waals surface area contributed by atoms with E-state index in [4.69, 9.17) is 0 Å². The van der Waals surface area contributed by atoms with Gasteiger partial charge in [0.2, 0.25) is 5.88 Å². The number of azo groups is 1. The lowest BCUT2D eigenvalue weighted by Crippen LogP contribution is -2.39. The van der Waals surface area contributed by atoms with Gasteiger partial charge < -0.3 is 10.0 Å². The summed E-state index contributed by atoms with van der Waals surface area (Å²) < 4.78 is 1.10. The normalized spacial score (nSPS) is 12.8. The van der Waals surface area contributed by atoms with Crippen molar-refractivity contribution in [2.75, 3.05) is 13.1 Å². The Morgan fingerprint density at radius 2 is 1.57 bits per heavy atom. The van der Waals surface area contributed by atoms with Crippen LogP contribution in [-0.4, -0.2) is 33.6 Å². The quantitative estimate of drug-likeness (QED) is 0.213. The average Bonchev–Trinajstić information content (AvgIpc) is 2.96. The highest BCUT2D eigenvalue weighted by atomic mass is 16.3. The zero-order chi connectivity index (χ0) is 29.7. The summed E-state index contributed by atoms with van der Waals surface area (Å²) in [4.78, 5) is 29.1. The summed E-state index contributed by atoms with van der Waals surface area (Å²) in [5.74, 6) is 0.404. The Morgan fingerprint density at radius 3 is 2.08 bits per heavy atom. The van der Waals surface area contributed by atoms with Gasteiger partial charge in [0, 0.05) is 25.2 Å². The van der Waals surface area contributed by atoms with Gasteiger partial charge in [-0.3, -0.25) is 14.2 Å². The Morgan fingerprint density at radius 1 is 1.00 bits per heavy atom. The van der Waals surface area contributed by atoms with E-state index in [-0.39, 0.29) is 35.1 Å². The standard InChI is InChI=1S/C32H47N5O3/c1-7-12-16-24(9-3)21-36(22-25(10-4)17-13-8-2)30(38)26-18-14-15-19-28(26)34-35-29-23(6)27(20-33)31(39)37(11-5)32(29)40/h14-15,18-19,24-25,39H,7-13,16-17,21-22H2,1-6H3. The van der Waals surface area contributed by atoms with Crippen LogP contribution in [0.1, 0.15) is 107 Å². The smallest absolute Gasteiger partial charge is 0.281 e. The first-order valence-corrected chi connectivity index (χ1v) is 14.9. The summed E-state index contributed by atoms with van der Waals surface area (Å²) in [6.07, 6.45) is 8.76. The molecular weight excluding hydrogens is 502 g/mol. The van der Waals surface area contributed by atoms with Gasteiger partial charge in [0.1, 0.15) is 11.6 Å². The van der Waals surface area contributed by atoms with E-state index in [1.165, 1.54) is 0 Å². The molecule has 0 bridgehead atoms. The molecule has 1 amide bonds. The fourth-order valence-corrected chi connectivity index (χ4v) is 5.06. The van der Waals surface area contributed by atoms with Crippen molar-refractivity contribution in [2.24, 2.45) is 22.1 Å². The predicted molar refractivity (Wildman–Crippen MR) is 161 cm³/mol. The Hall–Kier alpha value is -3.47.